The first kappa shape index (κ1) is 14.7. The van der Waals surface area contributed by atoms with E-state index in [0.29, 0.717) is 30.8 Å². The third-order valence-electron chi connectivity index (χ3n) is 2.32. The van der Waals surface area contributed by atoms with E-state index in [4.69, 9.17) is 21.1 Å². The van der Waals surface area contributed by atoms with Crippen LogP contribution in [0.1, 0.15) is 26.6 Å². The number of fused-ring (bicyclic) bond motifs is 1. The van der Waals surface area contributed by atoms with E-state index in [1.54, 1.807) is 11.3 Å². The molecule has 0 aliphatic rings. The predicted molar refractivity (Wildman–Crippen MR) is 77.8 cm³/mol. The van der Waals surface area contributed by atoms with Crippen LogP contribution in [0.5, 0.6) is 0 Å². The van der Waals surface area contributed by atoms with Gasteiger partial charge in [0.25, 0.3) is 0 Å². The van der Waals surface area contributed by atoms with E-state index >= 15 is 0 Å². The minimum absolute atomic E-state index is 0.140. The molecule has 0 fully saturated rings. The molecule has 19 heavy (non-hydrogen) atoms. The van der Waals surface area contributed by atoms with Crippen molar-refractivity contribution in [2.24, 2.45) is 0 Å². The predicted octanol–water partition coefficient (Wildman–Crippen LogP) is 3.68. The van der Waals surface area contributed by atoms with Gasteiger partial charge in [-0.05, 0) is 32.2 Å². The highest BCUT2D eigenvalue weighted by atomic mass is 35.5. The van der Waals surface area contributed by atoms with Gasteiger partial charge >= 0.3 is 0 Å². The molecule has 0 spiro atoms. The maximum Gasteiger partial charge on any atom is 0.157 e. The molecule has 6 heteroatoms. The van der Waals surface area contributed by atoms with Crippen LogP contribution in [0.25, 0.3) is 10.2 Å². The summed E-state index contributed by atoms with van der Waals surface area (Å²) in [5, 5.41) is 3.33. The Hall–Kier alpha value is -0.750. The molecular weight excluding hydrogens is 284 g/mol. The molecule has 4 nitrogen and oxygen atoms in total. The molecule has 104 valence electrons. The number of hydrogen-bond donors (Lipinski definition) is 0. The molecule has 2 aromatic heterocycles. The second kappa shape index (κ2) is 6.13. The van der Waals surface area contributed by atoms with E-state index in [9.17, 15) is 0 Å². The van der Waals surface area contributed by atoms with Crippen LogP contribution in [0.2, 0.25) is 5.15 Å². The summed E-state index contributed by atoms with van der Waals surface area (Å²) in [6.45, 7) is 7.46. The van der Waals surface area contributed by atoms with Crippen LogP contribution < -0.4 is 0 Å². The van der Waals surface area contributed by atoms with Gasteiger partial charge in [0.05, 0.1) is 18.8 Å². The molecule has 0 bridgehead atoms. The Labute approximate surface area is 121 Å². The number of thiophene rings is 1. The second-order valence-corrected chi connectivity index (χ2v) is 6.34. The van der Waals surface area contributed by atoms with E-state index in [2.05, 4.69) is 9.97 Å². The molecule has 0 aliphatic heterocycles. The van der Waals surface area contributed by atoms with Gasteiger partial charge in [0.1, 0.15) is 16.6 Å². The fourth-order valence-electron chi connectivity index (χ4n) is 1.50. The van der Waals surface area contributed by atoms with Crippen LogP contribution in [0.4, 0.5) is 0 Å². The van der Waals surface area contributed by atoms with E-state index in [-0.39, 0.29) is 5.60 Å². The van der Waals surface area contributed by atoms with Crippen molar-refractivity contribution in [2.45, 2.75) is 33.0 Å². The quantitative estimate of drug-likeness (QED) is 0.624. The monoisotopic (exact) mass is 300 g/mol. The van der Waals surface area contributed by atoms with E-state index in [1.807, 2.05) is 32.2 Å². The lowest BCUT2D eigenvalue weighted by molar-refractivity contribution is -0.0383. The number of rotatable bonds is 5. The Morgan fingerprint density at radius 2 is 2.05 bits per heavy atom. The van der Waals surface area contributed by atoms with Gasteiger partial charge < -0.3 is 9.47 Å². The number of aromatic nitrogens is 2. The first-order valence-corrected chi connectivity index (χ1v) is 7.33. The molecule has 0 radical (unpaired) electrons. The molecule has 0 N–H and O–H groups in total. The van der Waals surface area contributed by atoms with Gasteiger partial charge in [-0.2, -0.15) is 0 Å². The first-order valence-electron chi connectivity index (χ1n) is 6.07. The number of nitrogens with zero attached hydrogens (tertiary/aromatic N) is 2. The molecule has 0 unspecified atom stereocenters. The molecule has 2 aromatic rings. The normalized spacial score (nSPS) is 12.2. The second-order valence-electron chi connectivity index (χ2n) is 5.08. The maximum atomic E-state index is 6.08. The van der Waals surface area contributed by atoms with Crippen molar-refractivity contribution in [2.75, 3.05) is 13.2 Å². The van der Waals surface area contributed by atoms with E-state index < -0.39 is 0 Å². The van der Waals surface area contributed by atoms with E-state index in [0.717, 1.165) is 10.2 Å². The van der Waals surface area contributed by atoms with Crippen molar-refractivity contribution < 1.29 is 9.47 Å². The van der Waals surface area contributed by atoms with Crippen LogP contribution in [-0.2, 0) is 16.1 Å². The summed E-state index contributed by atoms with van der Waals surface area (Å²) < 4.78 is 11.1. The summed E-state index contributed by atoms with van der Waals surface area (Å²) in [4.78, 5) is 9.51. The van der Waals surface area contributed by atoms with Crippen molar-refractivity contribution in [1.82, 2.24) is 9.97 Å². The standard InChI is InChI=1S/C13H17ClN2O2S/c1-13(2,3)18-6-5-17-8-10-15-11(14)9-4-7-19-12(9)16-10/h4,7H,5-6,8H2,1-3H3. The molecular formula is C13H17ClN2O2S. The highest BCUT2D eigenvalue weighted by Gasteiger charge is 2.10. The summed E-state index contributed by atoms with van der Waals surface area (Å²) in [5.74, 6) is 0.607. The first-order chi connectivity index (χ1) is 8.96. The Kier molecular flexibility index (Phi) is 4.73. The van der Waals surface area contributed by atoms with Crippen molar-refractivity contribution in [1.29, 1.82) is 0 Å². The highest BCUT2D eigenvalue weighted by molar-refractivity contribution is 7.16. The number of ether oxygens (including phenoxy) is 2. The van der Waals surface area contributed by atoms with Gasteiger partial charge in [-0.25, -0.2) is 9.97 Å². The van der Waals surface area contributed by atoms with Gasteiger partial charge in [-0.1, -0.05) is 11.6 Å². The Balaban J connectivity index is 1.85. The zero-order valence-electron chi connectivity index (χ0n) is 11.3. The lowest BCUT2D eigenvalue weighted by Crippen LogP contribution is -2.21. The average Bonchev–Trinajstić information content (AvgIpc) is 2.75. The maximum absolute atomic E-state index is 6.08. The van der Waals surface area contributed by atoms with Gasteiger partial charge in [0.15, 0.2) is 5.82 Å². The Bertz CT molecular complexity index is 551. The largest absolute Gasteiger partial charge is 0.373 e. The molecule has 0 saturated carbocycles. The average molecular weight is 301 g/mol. The van der Waals surface area contributed by atoms with Gasteiger partial charge in [0.2, 0.25) is 0 Å². The van der Waals surface area contributed by atoms with E-state index in [1.165, 1.54) is 0 Å². The molecule has 0 atom stereocenters. The minimum atomic E-state index is -0.140. The van der Waals surface area contributed by atoms with Crippen LogP contribution in [-0.4, -0.2) is 28.8 Å². The summed E-state index contributed by atoms with van der Waals surface area (Å²) >= 11 is 7.63. The molecule has 0 saturated heterocycles. The third-order valence-corrected chi connectivity index (χ3v) is 3.41. The molecule has 0 aliphatic carbocycles. The summed E-state index contributed by atoms with van der Waals surface area (Å²) in [6, 6.07) is 1.92. The van der Waals surface area contributed by atoms with Crippen LogP contribution >= 0.6 is 22.9 Å². The Morgan fingerprint density at radius 3 is 2.79 bits per heavy atom. The number of hydrogen-bond acceptors (Lipinski definition) is 5. The summed E-state index contributed by atoms with van der Waals surface area (Å²) in [5.41, 5.74) is -0.140. The smallest absolute Gasteiger partial charge is 0.157 e. The molecule has 0 amide bonds. The third kappa shape index (κ3) is 4.38. The molecule has 0 aromatic carbocycles. The van der Waals surface area contributed by atoms with Crippen molar-refractivity contribution >= 4 is 33.2 Å². The fraction of sp³-hybridized carbons (Fsp3) is 0.538. The van der Waals surface area contributed by atoms with Gasteiger partial charge in [-0.3, -0.25) is 0 Å². The zero-order valence-corrected chi connectivity index (χ0v) is 12.8. The summed E-state index contributed by atoms with van der Waals surface area (Å²) in [6.07, 6.45) is 0. The lowest BCUT2D eigenvalue weighted by Gasteiger charge is -2.19. The van der Waals surface area contributed by atoms with Crippen molar-refractivity contribution in [3.63, 3.8) is 0 Å². The highest BCUT2D eigenvalue weighted by Crippen LogP contribution is 2.24. The molecule has 2 rings (SSSR count). The van der Waals surface area contributed by atoms with Crippen LogP contribution in [0.15, 0.2) is 11.4 Å². The minimum Gasteiger partial charge on any atom is -0.373 e. The van der Waals surface area contributed by atoms with Crippen molar-refractivity contribution in [3.05, 3.63) is 22.4 Å². The van der Waals surface area contributed by atoms with Crippen molar-refractivity contribution in [3.8, 4) is 0 Å². The summed E-state index contributed by atoms with van der Waals surface area (Å²) in [7, 11) is 0. The lowest BCUT2D eigenvalue weighted by atomic mass is 10.2. The zero-order chi connectivity index (χ0) is 13.9. The Morgan fingerprint density at radius 1 is 1.26 bits per heavy atom. The van der Waals surface area contributed by atoms with Gasteiger partial charge in [0, 0.05) is 5.39 Å². The van der Waals surface area contributed by atoms with Gasteiger partial charge in [-0.15, -0.1) is 11.3 Å². The molecule has 2 heterocycles. The van der Waals surface area contributed by atoms with Crippen LogP contribution in [0.3, 0.4) is 0 Å². The SMILES string of the molecule is CC(C)(C)OCCOCc1nc(Cl)c2ccsc2n1. The number of halogens is 1. The topological polar surface area (TPSA) is 44.2 Å². The fourth-order valence-corrected chi connectivity index (χ4v) is 2.58. The van der Waals surface area contributed by atoms with Crippen LogP contribution in [0, 0.1) is 0 Å².